The van der Waals surface area contributed by atoms with Crippen molar-refractivity contribution in [1.29, 1.82) is 0 Å². The Kier molecular flexibility index (Phi) is 5.59. The molecule has 2 aromatic carbocycles. The second-order valence-corrected chi connectivity index (χ2v) is 6.32. The molecule has 0 unspecified atom stereocenters. The van der Waals surface area contributed by atoms with Gasteiger partial charge in [-0.2, -0.15) is 8.42 Å². The van der Waals surface area contributed by atoms with E-state index in [1.807, 2.05) is 0 Å². The van der Waals surface area contributed by atoms with Crippen LogP contribution in [0.3, 0.4) is 0 Å². The number of rotatable bonds is 7. The highest BCUT2D eigenvalue weighted by Gasteiger charge is 2.19. The average Bonchev–Trinajstić information content (AvgIpc) is 2.60. The summed E-state index contributed by atoms with van der Waals surface area (Å²) in [5.74, 6) is -1.21. The van der Waals surface area contributed by atoms with Gasteiger partial charge in [0.2, 0.25) is 0 Å². The standard InChI is InChI=1S/C18H16O7S/c1-3-15(19)11-5-7-17(21)13(9-11)14-10-12(16(20)4-2)6-8-18(14)25-26(22,23)24/h3,5-10,21H,1,4H2,2H3,(H,22,23,24). The summed E-state index contributed by atoms with van der Waals surface area (Å²) in [6, 6.07) is 7.78. The lowest BCUT2D eigenvalue weighted by Gasteiger charge is -2.13. The zero-order valence-corrected chi connectivity index (χ0v) is 14.6. The van der Waals surface area contributed by atoms with Crippen LogP contribution in [0, 0.1) is 0 Å². The zero-order valence-electron chi connectivity index (χ0n) is 13.8. The molecule has 0 aliphatic heterocycles. The average molecular weight is 376 g/mol. The number of Topliss-reactive ketones (excluding diaryl/α,β-unsaturated/α-hetero) is 1. The minimum atomic E-state index is -4.84. The third-order valence-electron chi connectivity index (χ3n) is 3.57. The molecule has 0 bridgehead atoms. The van der Waals surface area contributed by atoms with Crippen LogP contribution < -0.4 is 4.18 Å². The zero-order chi connectivity index (χ0) is 19.5. The molecular weight excluding hydrogens is 360 g/mol. The minimum absolute atomic E-state index is 0.0261. The van der Waals surface area contributed by atoms with Gasteiger partial charge in [0.1, 0.15) is 5.75 Å². The van der Waals surface area contributed by atoms with Gasteiger partial charge < -0.3 is 9.29 Å². The van der Waals surface area contributed by atoms with Crippen molar-refractivity contribution in [2.24, 2.45) is 0 Å². The number of carbonyl (C=O) groups excluding carboxylic acids is 2. The second kappa shape index (κ2) is 7.51. The predicted octanol–water partition coefficient (Wildman–Crippen LogP) is 3.20. The largest absolute Gasteiger partial charge is 0.507 e. The van der Waals surface area contributed by atoms with Crippen LogP contribution in [0.1, 0.15) is 34.1 Å². The van der Waals surface area contributed by atoms with Gasteiger partial charge in [0.25, 0.3) is 0 Å². The number of phenols is 1. The Labute approximate surface area is 150 Å². The first kappa shape index (κ1) is 19.4. The van der Waals surface area contributed by atoms with E-state index in [-0.39, 0.29) is 46.0 Å². The third-order valence-corrected chi connectivity index (χ3v) is 3.96. The van der Waals surface area contributed by atoms with E-state index < -0.39 is 16.2 Å². The van der Waals surface area contributed by atoms with Crippen molar-refractivity contribution in [3.63, 3.8) is 0 Å². The number of carbonyl (C=O) groups is 2. The smallest absolute Gasteiger partial charge is 0.446 e. The molecule has 136 valence electrons. The summed E-state index contributed by atoms with van der Waals surface area (Å²) in [5, 5.41) is 10.2. The Bertz CT molecular complexity index is 991. The molecule has 0 saturated carbocycles. The van der Waals surface area contributed by atoms with E-state index in [0.717, 1.165) is 6.08 Å². The van der Waals surface area contributed by atoms with E-state index >= 15 is 0 Å². The maximum absolute atomic E-state index is 12.0. The van der Waals surface area contributed by atoms with Crippen LogP contribution in [-0.4, -0.2) is 29.6 Å². The fourth-order valence-electron chi connectivity index (χ4n) is 2.33. The van der Waals surface area contributed by atoms with Gasteiger partial charge in [-0.05, 0) is 42.5 Å². The van der Waals surface area contributed by atoms with Gasteiger partial charge in [0.15, 0.2) is 17.3 Å². The molecule has 0 atom stereocenters. The lowest BCUT2D eigenvalue weighted by molar-refractivity contribution is 0.0987. The fourth-order valence-corrected chi connectivity index (χ4v) is 2.70. The Morgan fingerprint density at radius 2 is 1.73 bits per heavy atom. The Hall–Kier alpha value is -2.97. The molecule has 26 heavy (non-hydrogen) atoms. The van der Waals surface area contributed by atoms with Gasteiger partial charge in [-0.15, -0.1) is 0 Å². The molecule has 0 amide bonds. The number of aromatic hydroxyl groups is 1. The van der Waals surface area contributed by atoms with Gasteiger partial charge in [0, 0.05) is 28.7 Å². The summed E-state index contributed by atoms with van der Waals surface area (Å²) >= 11 is 0. The molecule has 2 aromatic rings. The summed E-state index contributed by atoms with van der Waals surface area (Å²) in [6.45, 7) is 5.04. The van der Waals surface area contributed by atoms with Crippen LogP contribution in [0.5, 0.6) is 11.5 Å². The van der Waals surface area contributed by atoms with Crippen molar-refractivity contribution in [3.8, 4) is 22.6 Å². The van der Waals surface area contributed by atoms with Gasteiger partial charge in [-0.25, -0.2) is 0 Å². The van der Waals surface area contributed by atoms with Gasteiger partial charge in [-0.1, -0.05) is 13.5 Å². The first-order valence-electron chi connectivity index (χ1n) is 7.50. The van der Waals surface area contributed by atoms with Crippen LogP contribution in [0.2, 0.25) is 0 Å². The molecule has 0 aliphatic rings. The molecule has 0 aromatic heterocycles. The molecular formula is C18H16O7S. The highest BCUT2D eigenvalue weighted by Crippen LogP contribution is 2.38. The number of phenolic OH excluding ortho intramolecular Hbond substituents is 1. The molecule has 0 fully saturated rings. The summed E-state index contributed by atoms with van der Waals surface area (Å²) in [6.07, 6.45) is 1.29. The van der Waals surface area contributed by atoms with E-state index in [9.17, 15) is 23.1 Å². The SMILES string of the molecule is C=CC(=O)c1ccc(O)c(-c2cc(C(=O)CC)ccc2OS(=O)(=O)O)c1. The van der Waals surface area contributed by atoms with Crippen molar-refractivity contribution in [2.45, 2.75) is 13.3 Å². The van der Waals surface area contributed by atoms with E-state index in [1.54, 1.807) is 6.92 Å². The van der Waals surface area contributed by atoms with Gasteiger partial charge >= 0.3 is 10.4 Å². The van der Waals surface area contributed by atoms with Crippen LogP contribution in [0.4, 0.5) is 0 Å². The van der Waals surface area contributed by atoms with E-state index in [0.29, 0.717) is 0 Å². The van der Waals surface area contributed by atoms with Crippen LogP contribution in [0.15, 0.2) is 49.1 Å². The molecule has 2 N–H and O–H groups in total. The van der Waals surface area contributed by atoms with Crippen molar-refractivity contribution in [1.82, 2.24) is 0 Å². The Morgan fingerprint density at radius 3 is 2.31 bits per heavy atom. The molecule has 0 spiro atoms. The molecule has 0 saturated heterocycles. The fraction of sp³-hybridized carbons (Fsp3) is 0.111. The van der Waals surface area contributed by atoms with Crippen molar-refractivity contribution in [3.05, 3.63) is 60.2 Å². The summed E-state index contributed by atoms with van der Waals surface area (Å²) in [5.41, 5.74) is 0.531. The van der Waals surface area contributed by atoms with Gasteiger partial charge in [0.05, 0.1) is 0 Å². The first-order chi connectivity index (χ1) is 12.2. The molecule has 8 heteroatoms. The second-order valence-electron chi connectivity index (χ2n) is 5.30. The Morgan fingerprint density at radius 1 is 1.12 bits per heavy atom. The molecule has 0 aliphatic carbocycles. The topological polar surface area (TPSA) is 118 Å². The number of ketones is 2. The molecule has 0 heterocycles. The molecule has 0 radical (unpaired) electrons. The number of hydrogen-bond acceptors (Lipinski definition) is 6. The van der Waals surface area contributed by atoms with E-state index in [4.69, 9.17) is 4.55 Å². The van der Waals surface area contributed by atoms with Crippen molar-refractivity contribution in [2.75, 3.05) is 0 Å². The maximum atomic E-state index is 12.0. The lowest BCUT2D eigenvalue weighted by Crippen LogP contribution is -2.08. The first-order valence-corrected chi connectivity index (χ1v) is 8.87. The van der Waals surface area contributed by atoms with E-state index in [2.05, 4.69) is 10.8 Å². The van der Waals surface area contributed by atoms with E-state index in [1.165, 1.54) is 36.4 Å². The minimum Gasteiger partial charge on any atom is -0.507 e. The summed E-state index contributed by atoms with van der Waals surface area (Å²) < 4.78 is 35.7. The van der Waals surface area contributed by atoms with Crippen molar-refractivity contribution < 1.29 is 31.8 Å². The monoisotopic (exact) mass is 376 g/mol. The Balaban J connectivity index is 2.74. The highest BCUT2D eigenvalue weighted by molar-refractivity contribution is 7.81. The van der Waals surface area contributed by atoms with Crippen LogP contribution >= 0.6 is 0 Å². The van der Waals surface area contributed by atoms with Crippen LogP contribution in [-0.2, 0) is 10.4 Å². The molecule has 7 nitrogen and oxygen atoms in total. The number of allylic oxidation sites excluding steroid dienone is 1. The van der Waals surface area contributed by atoms with Gasteiger partial charge in [-0.3, -0.25) is 14.1 Å². The lowest BCUT2D eigenvalue weighted by atomic mass is 9.96. The third kappa shape index (κ3) is 4.35. The maximum Gasteiger partial charge on any atom is 0.446 e. The normalized spacial score (nSPS) is 11.0. The van der Waals surface area contributed by atoms with Crippen molar-refractivity contribution >= 4 is 22.0 Å². The summed E-state index contributed by atoms with van der Waals surface area (Å²) in [7, 11) is -4.84. The molecule has 2 rings (SSSR count). The predicted molar refractivity (Wildman–Crippen MR) is 94.9 cm³/mol. The number of benzene rings is 2. The number of hydrogen-bond donors (Lipinski definition) is 2. The quantitative estimate of drug-likeness (QED) is 0.433. The highest BCUT2D eigenvalue weighted by atomic mass is 32.3. The summed E-state index contributed by atoms with van der Waals surface area (Å²) in [4.78, 5) is 23.8. The van der Waals surface area contributed by atoms with Crippen LogP contribution in [0.25, 0.3) is 11.1 Å².